The molecule has 1 fully saturated rings. The van der Waals surface area contributed by atoms with E-state index in [-0.39, 0.29) is 29.9 Å². The number of furan rings is 1. The fraction of sp³-hybridized carbons (Fsp3) is 0.389. The number of rotatable bonds is 6. The molecule has 1 saturated heterocycles. The van der Waals surface area contributed by atoms with Gasteiger partial charge in [-0.05, 0) is 37.2 Å². The van der Waals surface area contributed by atoms with Gasteiger partial charge in [-0.3, -0.25) is 4.79 Å². The Morgan fingerprint density at radius 1 is 1.20 bits per heavy atom. The molecule has 0 aliphatic carbocycles. The number of hydrogen-bond acceptors (Lipinski definition) is 4. The lowest BCUT2D eigenvalue weighted by Crippen LogP contribution is -2.44. The van der Waals surface area contributed by atoms with Crippen molar-refractivity contribution in [2.75, 3.05) is 39.3 Å². The molecule has 1 aliphatic rings. The van der Waals surface area contributed by atoms with Crippen LogP contribution >= 0.6 is 12.4 Å². The zero-order valence-corrected chi connectivity index (χ0v) is 14.8. The number of nitrogens with zero attached hydrogens (tertiary/aromatic N) is 1. The molecule has 5 nitrogen and oxygen atoms in total. The van der Waals surface area contributed by atoms with Gasteiger partial charge in [-0.2, -0.15) is 0 Å². The van der Waals surface area contributed by atoms with Crippen molar-refractivity contribution in [3.05, 3.63) is 48.0 Å². The lowest BCUT2D eigenvalue weighted by atomic mass is 10.1. The van der Waals surface area contributed by atoms with Crippen LogP contribution in [0.1, 0.15) is 17.0 Å². The van der Waals surface area contributed by atoms with Gasteiger partial charge in [0.05, 0.1) is 5.56 Å². The first-order valence-corrected chi connectivity index (χ1v) is 8.30. The van der Waals surface area contributed by atoms with E-state index in [0.717, 1.165) is 39.1 Å². The predicted molar refractivity (Wildman–Crippen MR) is 97.6 cm³/mol. The van der Waals surface area contributed by atoms with E-state index in [1.54, 1.807) is 30.3 Å². The monoisotopic (exact) mass is 367 g/mol. The number of benzene rings is 1. The third kappa shape index (κ3) is 5.29. The summed E-state index contributed by atoms with van der Waals surface area (Å²) >= 11 is 0. The summed E-state index contributed by atoms with van der Waals surface area (Å²) in [5.74, 6) is -0.0674. The molecular weight excluding hydrogens is 345 g/mol. The van der Waals surface area contributed by atoms with Gasteiger partial charge < -0.3 is 20.0 Å². The topological polar surface area (TPSA) is 57.5 Å². The number of hydrogen-bond donors (Lipinski definition) is 2. The zero-order valence-electron chi connectivity index (χ0n) is 14.0. The van der Waals surface area contributed by atoms with Crippen LogP contribution < -0.4 is 10.6 Å². The largest absolute Gasteiger partial charge is 0.451 e. The van der Waals surface area contributed by atoms with Gasteiger partial charge in [-0.25, -0.2) is 4.39 Å². The summed E-state index contributed by atoms with van der Waals surface area (Å²) in [7, 11) is 0. The second-order valence-corrected chi connectivity index (χ2v) is 5.84. The van der Waals surface area contributed by atoms with Crippen molar-refractivity contribution in [3.8, 4) is 11.3 Å². The molecule has 2 N–H and O–H groups in total. The molecule has 1 aromatic carbocycles. The summed E-state index contributed by atoms with van der Waals surface area (Å²) in [6.07, 6.45) is 0.895. The van der Waals surface area contributed by atoms with Crippen molar-refractivity contribution in [3.63, 3.8) is 0 Å². The Morgan fingerprint density at radius 2 is 1.96 bits per heavy atom. The zero-order chi connectivity index (χ0) is 16.8. The molecule has 1 aliphatic heterocycles. The van der Waals surface area contributed by atoms with Crippen LogP contribution in [-0.4, -0.2) is 50.1 Å². The van der Waals surface area contributed by atoms with Crippen LogP contribution in [0, 0.1) is 5.82 Å². The molecule has 0 radical (unpaired) electrons. The highest BCUT2D eigenvalue weighted by Gasteiger charge is 2.14. The number of carbonyl (C=O) groups excluding carboxylic acids is 1. The standard InChI is InChI=1S/C18H22FN3O2.ClH/c19-15-5-2-1-4-14(15)16-6-7-17(24-16)18(23)21-8-3-11-22-12-9-20-10-13-22;/h1-2,4-7,20H,3,8-13H2,(H,21,23);1H. The number of carbonyl (C=O) groups is 1. The maximum absolute atomic E-state index is 13.7. The average molecular weight is 368 g/mol. The first-order chi connectivity index (χ1) is 11.7. The Morgan fingerprint density at radius 3 is 2.72 bits per heavy atom. The fourth-order valence-electron chi connectivity index (χ4n) is 2.79. The average Bonchev–Trinajstić information content (AvgIpc) is 3.10. The normalized spacial score (nSPS) is 14.8. The first kappa shape index (κ1) is 19.4. The van der Waals surface area contributed by atoms with Gasteiger partial charge in [0.25, 0.3) is 5.91 Å². The Labute approximate surface area is 153 Å². The Balaban J connectivity index is 0.00000225. The summed E-state index contributed by atoms with van der Waals surface area (Å²) in [4.78, 5) is 14.5. The van der Waals surface area contributed by atoms with E-state index < -0.39 is 0 Å². The van der Waals surface area contributed by atoms with Crippen molar-refractivity contribution in [1.29, 1.82) is 0 Å². The second kappa shape index (κ2) is 9.56. The summed E-state index contributed by atoms with van der Waals surface area (Å²) in [6, 6.07) is 9.54. The lowest BCUT2D eigenvalue weighted by molar-refractivity contribution is 0.0924. The van der Waals surface area contributed by atoms with Crippen molar-refractivity contribution in [2.24, 2.45) is 0 Å². The van der Waals surface area contributed by atoms with Crippen LogP contribution in [0.5, 0.6) is 0 Å². The van der Waals surface area contributed by atoms with Gasteiger partial charge in [-0.1, -0.05) is 12.1 Å². The Hall–Kier alpha value is -1.89. The van der Waals surface area contributed by atoms with Crippen LogP contribution in [0.4, 0.5) is 4.39 Å². The molecule has 0 atom stereocenters. The third-order valence-corrected chi connectivity index (χ3v) is 4.12. The van der Waals surface area contributed by atoms with E-state index >= 15 is 0 Å². The second-order valence-electron chi connectivity index (χ2n) is 5.84. The summed E-state index contributed by atoms with van der Waals surface area (Å²) in [5, 5.41) is 6.16. The molecule has 25 heavy (non-hydrogen) atoms. The van der Waals surface area contributed by atoms with Gasteiger partial charge in [0, 0.05) is 32.7 Å². The number of nitrogens with one attached hydrogen (secondary N) is 2. The molecule has 7 heteroatoms. The minimum absolute atomic E-state index is 0. The van der Waals surface area contributed by atoms with E-state index in [1.165, 1.54) is 6.07 Å². The number of halogens is 2. The maximum Gasteiger partial charge on any atom is 0.287 e. The number of piperazine rings is 1. The quantitative estimate of drug-likeness (QED) is 0.770. The highest BCUT2D eigenvalue weighted by Crippen LogP contribution is 2.24. The van der Waals surface area contributed by atoms with Gasteiger partial charge in [0.2, 0.25) is 0 Å². The summed E-state index contributed by atoms with van der Waals surface area (Å²) < 4.78 is 19.2. The lowest BCUT2D eigenvalue weighted by Gasteiger charge is -2.26. The Kier molecular flexibility index (Phi) is 7.43. The van der Waals surface area contributed by atoms with Crippen LogP contribution in [-0.2, 0) is 0 Å². The molecule has 2 aromatic rings. The predicted octanol–water partition coefficient (Wildman–Crippen LogP) is 2.53. The van der Waals surface area contributed by atoms with Gasteiger partial charge in [0.15, 0.2) is 5.76 Å². The van der Waals surface area contributed by atoms with E-state index in [2.05, 4.69) is 15.5 Å². The SMILES string of the molecule is Cl.O=C(NCCCN1CCNCC1)c1ccc(-c2ccccc2F)o1. The number of amides is 1. The van der Waals surface area contributed by atoms with Crippen molar-refractivity contribution in [1.82, 2.24) is 15.5 Å². The Bertz CT molecular complexity index is 686. The van der Waals surface area contributed by atoms with Crippen molar-refractivity contribution in [2.45, 2.75) is 6.42 Å². The van der Waals surface area contributed by atoms with Gasteiger partial charge in [-0.15, -0.1) is 12.4 Å². The highest BCUT2D eigenvalue weighted by molar-refractivity contribution is 5.92. The van der Waals surface area contributed by atoms with Crippen LogP contribution in [0.3, 0.4) is 0 Å². The first-order valence-electron chi connectivity index (χ1n) is 8.30. The van der Waals surface area contributed by atoms with Crippen LogP contribution in [0.25, 0.3) is 11.3 Å². The molecule has 0 bridgehead atoms. The summed E-state index contributed by atoms with van der Waals surface area (Å²) in [5.41, 5.74) is 0.357. The molecule has 1 amide bonds. The van der Waals surface area contributed by atoms with E-state index in [4.69, 9.17) is 4.42 Å². The summed E-state index contributed by atoms with van der Waals surface area (Å²) in [6.45, 7) is 5.73. The van der Waals surface area contributed by atoms with Gasteiger partial charge >= 0.3 is 0 Å². The molecule has 136 valence electrons. The van der Waals surface area contributed by atoms with Crippen molar-refractivity contribution >= 4 is 18.3 Å². The molecule has 0 spiro atoms. The minimum Gasteiger partial charge on any atom is -0.451 e. The molecule has 1 aromatic heterocycles. The smallest absolute Gasteiger partial charge is 0.287 e. The van der Waals surface area contributed by atoms with E-state index in [1.807, 2.05) is 0 Å². The minimum atomic E-state index is -0.366. The molecule has 0 unspecified atom stereocenters. The highest BCUT2D eigenvalue weighted by atomic mass is 35.5. The van der Waals surface area contributed by atoms with Crippen molar-refractivity contribution < 1.29 is 13.6 Å². The van der Waals surface area contributed by atoms with Gasteiger partial charge in [0.1, 0.15) is 11.6 Å². The molecular formula is C18H23ClFN3O2. The van der Waals surface area contributed by atoms with Crippen LogP contribution in [0.2, 0.25) is 0 Å². The van der Waals surface area contributed by atoms with E-state index in [9.17, 15) is 9.18 Å². The van der Waals surface area contributed by atoms with E-state index in [0.29, 0.717) is 17.9 Å². The third-order valence-electron chi connectivity index (χ3n) is 4.12. The maximum atomic E-state index is 13.7. The van der Waals surface area contributed by atoms with Crippen LogP contribution in [0.15, 0.2) is 40.8 Å². The molecule has 3 rings (SSSR count). The fourth-order valence-corrected chi connectivity index (χ4v) is 2.79. The molecule has 0 saturated carbocycles. The molecule has 2 heterocycles.